The summed E-state index contributed by atoms with van der Waals surface area (Å²) >= 11 is 15.3. The molecule has 92 valence electrons. The van der Waals surface area contributed by atoms with E-state index in [4.69, 9.17) is 23.2 Å². The molecular weight excluding hydrogens is 337 g/mol. The van der Waals surface area contributed by atoms with Gasteiger partial charge in [-0.3, -0.25) is 9.78 Å². The van der Waals surface area contributed by atoms with E-state index < -0.39 is 0 Å². The van der Waals surface area contributed by atoms with Gasteiger partial charge in [0.15, 0.2) is 5.78 Å². The van der Waals surface area contributed by atoms with Crippen LogP contribution in [0.1, 0.15) is 15.9 Å². The molecule has 0 N–H and O–H groups in total. The monoisotopic (exact) mass is 343 g/mol. The normalized spacial score (nSPS) is 10.4. The molecule has 0 unspecified atom stereocenters. The van der Waals surface area contributed by atoms with E-state index in [-0.39, 0.29) is 12.2 Å². The van der Waals surface area contributed by atoms with Crippen LogP contribution in [0.4, 0.5) is 0 Å². The summed E-state index contributed by atoms with van der Waals surface area (Å²) in [6.45, 7) is 0. The smallest absolute Gasteiger partial charge is 0.168 e. The van der Waals surface area contributed by atoms with Crippen LogP contribution in [0, 0.1) is 0 Å². The first-order valence-electron chi connectivity index (χ1n) is 5.14. The number of nitrogens with zero attached hydrogens (tertiary/aromatic N) is 1. The Morgan fingerprint density at radius 3 is 2.50 bits per heavy atom. The lowest BCUT2D eigenvalue weighted by molar-refractivity contribution is 0.0992. The number of ketones is 1. The minimum absolute atomic E-state index is 0.0706. The zero-order valence-corrected chi connectivity index (χ0v) is 12.3. The highest BCUT2D eigenvalue weighted by molar-refractivity contribution is 9.10. The number of Topliss-reactive ketones (excluding diaryl/α,β-unsaturated/α-hetero) is 1. The molecule has 0 amide bonds. The first-order chi connectivity index (χ1) is 8.58. The highest BCUT2D eigenvalue weighted by atomic mass is 79.9. The molecule has 1 aromatic heterocycles. The van der Waals surface area contributed by atoms with E-state index in [1.54, 1.807) is 30.5 Å². The van der Waals surface area contributed by atoms with Gasteiger partial charge in [-0.2, -0.15) is 0 Å². The fourth-order valence-corrected chi connectivity index (χ4v) is 2.42. The third-order valence-electron chi connectivity index (χ3n) is 2.43. The Kier molecular flexibility index (Phi) is 4.38. The Labute approximate surface area is 123 Å². The zero-order chi connectivity index (χ0) is 13.1. The molecule has 0 saturated heterocycles. The molecule has 0 bridgehead atoms. The minimum atomic E-state index is -0.0706. The Morgan fingerprint density at radius 1 is 1.22 bits per heavy atom. The highest BCUT2D eigenvalue weighted by Crippen LogP contribution is 2.25. The van der Waals surface area contributed by atoms with Crippen LogP contribution in [0.5, 0.6) is 0 Å². The Balaban J connectivity index is 2.27. The molecule has 0 aliphatic carbocycles. The van der Waals surface area contributed by atoms with E-state index >= 15 is 0 Å². The van der Waals surface area contributed by atoms with Gasteiger partial charge >= 0.3 is 0 Å². The van der Waals surface area contributed by atoms with Gasteiger partial charge in [0.1, 0.15) is 0 Å². The molecule has 0 aliphatic rings. The molecule has 0 atom stereocenters. The molecule has 2 aromatic rings. The van der Waals surface area contributed by atoms with E-state index in [2.05, 4.69) is 20.9 Å². The molecule has 18 heavy (non-hydrogen) atoms. The molecule has 5 heteroatoms. The van der Waals surface area contributed by atoms with Crippen molar-refractivity contribution < 1.29 is 4.79 Å². The predicted octanol–water partition coefficient (Wildman–Crippen LogP) is 4.58. The summed E-state index contributed by atoms with van der Waals surface area (Å²) in [5.74, 6) is -0.0706. The van der Waals surface area contributed by atoms with Crippen LogP contribution in [0.3, 0.4) is 0 Å². The van der Waals surface area contributed by atoms with Gasteiger partial charge in [-0.1, -0.05) is 29.3 Å². The summed E-state index contributed by atoms with van der Waals surface area (Å²) in [5, 5.41) is 0.998. The van der Waals surface area contributed by atoms with Gasteiger partial charge in [-0.05, 0) is 39.7 Å². The number of rotatable bonds is 3. The molecular formula is C13H8BrCl2NO. The Morgan fingerprint density at radius 2 is 1.89 bits per heavy atom. The van der Waals surface area contributed by atoms with Gasteiger partial charge in [0.2, 0.25) is 0 Å². The van der Waals surface area contributed by atoms with E-state index in [1.807, 2.05) is 0 Å². The fourth-order valence-electron chi connectivity index (χ4n) is 1.53. The second-order valence-corrected chi connectivity index (χ2v) is 5.42. The number of benzene rings is 1. The average Bonchev–Trinajstić information content (AvgIpc) is 2.34. The van der Waals surface area contributed by atoms with Crippen molar-refractivity contribution in [1.82, 2.24) is 4.98 Å². The quantitative estimate of drug-likeness (QED) is 0.763. The second-order valence-electron chi connectivity index (χ2n) is 3.69. The van der Waals surface area contributed by atoms with Crippen LogP contribution in [0.25, 0.3) is 0 Å². The van der Waals surface area contributed by atoms with Crippen molar-refractivity contribution in [2.24, 2.45) is 0 Å². The number of hydrogen-bond donors (Lipinski definition) is 0. The second kappa shape index (κ2) is 5.83. The van der Waals surface area contributed by atoms with Crippen LogP contribution in [-0.4, -0.2) is 10.8 Å². The zero-order valence-electron chi connectivity index (χ0n) is 9.16. The van der Waals surface area contributed by atoms with Crippen molar-refractivity contribution in [2.45, 2.75) is 6.42 Å². The van der Waals surface area contributed by atoms with Crippen LogP contribution >= 0.6 is 39.1 Å². The van der Waals surface area contributed by atoms with Crippen LogP contribution < -0.4 is 0 Å². The summed E-state index contributed by atoms with van der Waals surface area (Å²) < 4.78 is 0.763. The first kappa shape index (κ1) is 13.5. The summed E-state index contributed by atoms with van der Waals surface area (Å²) in [7, 11) is 0. The van der Waals surface area contributed by atoms with Crippen molar-refractivity contribution >= 4 is 44.9 Å². The third kappa shape index (κ3) is 3.10. The molecule has 0 saturated carbocycles. The molecule has 0 spiro atoms. The summed E-state index contributed by atoms with van der Waals surface area (Å²) in [6, 6.07) is 6.91. The van der Waals surface area contributed by atoms with Crippen LogP contribution in [0.2, 0.25) is 10.0 Å². The Hall–Kier alpha value is -0.900. The molecule has 2 nitrogen and oxygen atoms in total. The van der Waals surface area contributed by atoms with E-state index in [1.165, 1.54) is 6.20 Å². The maximum absolute atomic E-state index is 12.1. The SMILES string of the molecule is O=C(Cc1c(Cl)cccc1Cl)c1cncc(Br)c1. The van der Waals surface area contributed by atoms with Gasteiger partial charge in [0.05, 0.1) is 0 Å². The summed E-state index contributed by atoms with van der Waals surface area (Å²) in [5.41, 5.74) is 1.17. The number of carbonyl (C=O) groups excluding carboxylic acids is 1. The molecule has 2 rings (SSSR count). The lowest BCUT2D eigenvalue weighted by Crippen LogP contribution is -2.05. The molecule has 1 heterocycles. The van der Waals surface area contributed by atoms with Gasteiger partial charge in [0.25, 0.3) is 0 Å². The fraction of sp³-hybridized carbons (Fsp3) is 0.0769. The summed E-state index contributed by atoms with van der Waals surface area (Å²) in [6.07, 6.45) is 3.31. The minimum Gasteiger partial charge on any atom is -0.294 e. The molecule has 0 radical (unpaired) electrons. The Bertz CT molecular complexity index is 581. The first-order valence-corrected chi connectivity index (χ1v) is 6.69. The van der Waals surface area contributed by atoms with Crippen molar-refractivity contribution in [3.63, 3.8) is 0 Å². The predicted molar refractivity (Wildman–Crippen MR) is 76.4 cm³/mol. The lowest BCUT2D eigenvalue weighted by atomic mass is 10.0. The number of hydrogen-bond acceptors (Lipinski definition) is 2. The lowest BCUT2D eigenvalue weighted by Gasteiger charge is -2.06. The number of halogens is 3. The molecule has 1 aromatic carbocycles. The van der Waals surface area contributed by atoms with E-state index in [0.717, 1.165) is 4.47 Å². The van der Waals surface area contributed by atoms with Gasteiger partial charge < -0.3 is 0 Å². The van der Waals surface area contributed by atoms with Crippen molar-refractivity contribution in [3.8, 4) is 0 Å². The highest BCUT2D eigenvalue weighted by Gasteiger charge is 2.13. The van der Waals surface area contributed by atoms with Crippen LogP contribution in [-0.2, 0) is 6.42 Å². The average molecular weight is 345 g/mol. The van der Waals surface area contributed by atoms with Gasteiger partial charge in [-0.15, -0.1) is 0 Å². The topological polar surface area (TPSA) is 30.0 Å². The van der Waals surface area contributed by atoms with Gasteiger partial charge in [0, 0.05) is 38.9 Å². The van der Waals surface area contributed by atoms with E-state index in [0.29, 0.717) is 21.2 Å². The molecule has 0 aliphatic heterocycles. The largest absolute Gasteiger partial charge is 0.294 e. The maximum Gasteiger partial charge on any atom is 0.168 e. The third-order valence-corrected chi connectivity index (χ3v) is 3.57. The number of carbonyl (C=O) groups is 1. The van der Waals surface area contributed by atoms with Crippen LogP contribution in [0.15, 0.2) is 41.1 Å². The van der Waals surface area contributed by atoms with Crippen molar-refractivity contribution in [3.05, 3.63) is 62.3 Å². The van der Waals surface area contributed by atoms with Crippen molar-refractivity contribution in [1.29, 1.82) is 0 Å². The maximum atomic E-state index is 12.1. The van der Waals surface area contributed by atoms with Gasteiger partial charge in [-0.25, -0.2) is 0 Å². The number of pyridine rings is 1. The standard InChI is InChI=1S/C13H8BrCl2NO/c14-9-4-8(6-17-7-9)13(18)5-10-11(15)2-1-3-12(10)16/h1-4,6-7H,5H2. The van der Waals surface area contributed by atoms with Crippen molar-refractivity contribution in [2.75, 3.05) is 0 Å². The summed E-state index contributed by atoms with van der Waals surface area (Å²) in [4.78, 5) is 16.1. The molecule has 0 fully saturated rings. The van der Waals surface area contributed by atoms with E-state index in [9.17, 15) is 4.79 Å². The number of aromatic nitrogens is 1.